The molecule has 0 unspecified atom stereocenters. The van der Waals surface area contributed by atoms with Gasteiger partial charge in [0.1, 0.15) is 0 Å². The van der Waals surface area contributed by atoms with Gasteiger partial charge < -0.3 is 10.2 Å². The van der Waals surface area contributed by atoms with Crippen molar-refractivity contribution in [2.45, 2.75) is 25.8 Å². The Morgan fingerprint density at radius 3 is 2.86 bits per heavy atom. The Morgan fingerprint density at radius 1 is 1.33 bits per heavy atom. The highest BCUT2D eigenvalue weighted by Gasteiger charge is 2.35. The van der Waals surface area contributed by atoms with Crippen molar-refractivity contribution in [1.29, 1.82) is 0 Å². The Bertz CT molecular complexity index is 685. The molecule has 5 heteroatoms. The van der Waals surface area contributed by atoms with Crippen LogP contribution >= 0.6 is 0 Å². The SMILES string of the molecule is Cc1cccc2c(C(=O)N[C@@H]3CN4CCC3CC4)cnn12. The Kier molecular flexibility index (Phi) is 2.96. The summed E-state index contributed by atoms with van der Waals surface area (Å²) < 4.78 is 1.82. The van der Waals surface area contributed by atoms with E-state index in [1.54, 1.807) is 6.20 Å². The first kappa shape index (κ1) is 12.8. The van der Waals surface area contributed by atoms with Crippen LogP contribution in [0.4, 0.5) is 0 Å². The van der Waals surface area contributed by atoms with Crippen LogP contribution in [0.2, 0.25) is 0 Å². The molecule has 3 aliphatic rings. The van der Waals surface area contributed by atoms with Gasteiger partial charge in [-0.2, -0.15) is 5.10 Å². The molecule has 110 valence electrons. The lowest BCUT2D eigenvalue weighted by Crippen LogP contribution is -2.57. The maximum atomic E-state index is 12.6. The van der Waals surface area contributed by atoms with Crippen molar-refractivity contribution >= 4 is 11.4 Å². The van der Waals surface area contributed by atoms with Gasteiger partial charge in [-0.3, -0.25) is 4.79 Å². The second-order valence-electron chi connectivity index (χ2n) is 6.24. The van der Waals surface area contributed by atoms with Crippen LogP contribution in [0.1, 0.15) is 28.9 Å². The van der Waals surface area contributed by atoms with Gasteiger partial charge in [0.15, 0.2) is 0 Å². The lowest BCUT2D eigenvalue weighted by Gasteiger charge is -2.44. The molecule has 21 heavy (non-hydrogen) atoms. The van der Waals surface area contributed by atoms with E-state index in [1.165, 1.54) is 25.9 Å². The van der Waals surface area contributed by atoms with Crippen molar-refractivity contribution in [1.82, 2.24) is 19.8 Å². The minimum Gasteiger partial charge on any atom is -0.348 e. The highest BCUT2D eigenvalue weighted by atomic mass is 16.1. The van der Waals surface area contributed by atoms with Crippen LogP contribution in [0.25, 0.3) is 5.52 Å². The van der Waals surface area contributed by atoms with Gasteiger partial charge in [0.05, 0.1) is 17.3 Å². The van der Waals surface area contributed by atoms with Gasteiger partial charge >= 0.3 is 0 Å². The monoisotopic (exact) mass is 284 g/mol. The zero-order chi connectivity index (χ0) is 14.4. The number of nitrogens with one attached hydrogen (secondary N) is 1. The van der Waals surface area contributed by atoms with Crippen LogP contribution in [-0.2, 0) is 0 Å². The van der Waals surface area contributed by atoms with Crippen molar-refractivity contribution in [3.8, 4) is 0 Å². The number of carbonyl (C=O) groups excluding carboxylic acids is 1. The minimum absolute atomic E-state index is 0.00866. The van der Waals surface area contributed by atoms with Crippen molar-refractivity contribution in [2.24, 2.45) is 5.92 Å². The number of rotatable bonds is 2. The second-order valence-corrected chi connectivity index (χ2v) is 6.24. The zero-order valence-corrected chi connectivity index (χ0v) is 12.2. The molecule has 0 saturated carbocycles. The first-order valence-corrected chi connectivity index (χ1v) is 7.69. The molecule has 3 fully saturated rings. The number of nitrogens with zero attached hydrogens (tertiary/aromatic N) is 3. The van der Waals surface area contributed by atoms with Crippen LogP contribution < -0.4 is 5.32 Å². The van der Waals surface area contributed by atoms with Gasteiger partial charge in [-0.25, -0.2) is 4.52 Å². The normalized spacial score (nSPS) is 28.0. The molecule has 3 aliphatic heterocycles. The summed E-state index contributed by atoms with van der Waals surface area (Å²) in [6.07, 6.45) is 4.09. The van der Waals surface area contributed by atoms with E-state index < -0.39 is 0 Å². The molecule has 0 aromatic carbocycles. The highest BCUT2D eigenvalue weighted by molar-refractivity contribution is 6.00. The third-order valence-electron chi connectivity index (χ3n) is 4.95. The molecule has 2 aromatic heterocycles. The lowest BCUT2D eigenvalue weighted by molar-refractivity contribution is 0.0621. The lowest BCUT2D eigenvalue weighted by atomic mass is 9.84. The number of amides is 1. The number of carbonyl (C=O) groups is 1. The summed E-state index contributed by atoms with van der Waals surface area (Å²) >= 11 is 0. The Balaban J connectivity index is 1.58. The summed E-state index contributed by atoms with van der Waals surface area (Å²) in [6, 6.07) is 6.21. The fourth-order valence-electron chi connectivity index (χ4n) is 3.70. The summed E-state index contributed by atoms with van der Waals surface area (Å²) in [4.78, 5) is 15.0. The number of aromatic nitrogens is 2. The third-order valence-corrected chi connectivity index (χ3v) is 4.95. The fraction of sp³-hybridized carbons (Fsp3) is 0.500. The first-order valence-electron chi connectivity index (χ1n) is 7.69. The highest BCUT2D eigenvalue weighted by Crippen LogP contribution is 2.27. The van der Waals surface area contributed by atoms with Gasteiger partial charge in [-0.05, 0) is 50.9 Å². The molecule has 2 aromatic rings. The third kappa shape index (κ3) is 2.12. The van der Waals surface area contributed by atoms with E-state index >= 15 is 0 Å². The predicted molar refractivity (Wildman–Crippen MR) is 80.3 cm³/mol. The Morgan fingerprint density at radius 2 is 2.14 bits per heavy atom. The molecule has 0 spiro atoms. The molecule has 5 rings (SSSR count). The minimum atomic E-state index is 0.00866. The molecule has 1 amide bonds. The van der Waals surface area contributed by atoms with Crippen molar-refractivity contribution < 1.29 is 4.79 Å². The first-order chi connectivity index (χ1) is 10.2. The van der Waals surface area contributed by atoms with Crippen molar-refractivity contribution in [3.05, 3.63) is 35.7 Å². The maximum Gasteiger partial charge on any atom is 0.255 e. The van der Waals surface area contributed by atoms with Crippen LogP contribution in [0, 0.1) is 12.8 Å². The predicted octanol–water partition coefficient (Wildman–Crippen LogP) is 1.47. The van der Waals surface area contributed by atoms with Gasteiger partial charge in [-0.1, -0.05) is 6.07 Å². The fourth-order valence-corrected chi connectivity index (χ4v) is 3.70. The molecule has 5 nitrogen and oxygen atoms in total. The molecule has 1 atom stereocenters. The second kappa shape index (κ2) is 4.84. The average molecular weight is 284 g/mol. The van der Waals surface area contributed by atoms with E-state index in [1.807, 2.05) is 29.6 Å². The number of fused-ring (bicyclic) bond motifs is 4. The smallest absolute Gasteiger partial charge is 0.255 e. The van der Waals surface area contributed by atoms with E-state index in [-0.39, 0.29) is 5.91 Å². The Hall–Kier alpha value is -1.88. The van der Waals surface area contributed by atoms with Crippen LogP contribution in [0.5, 0.6) is 0 Å². The molecular weight excluding hydrogens is 264 g/mol. The number of piperidine rings is 3. The molecule has 5 heterocycles. The summed E-state index contributed by atoms with van der Waals surface area (Å²) in [5.41, 5.74) is 2.60. The maximum absolute atomic E-state index is 12.6. The van der Waals surface area contributed by atoms with Crippen LogP contribution in [-0.4, -0.2) is 46.1 Å². The quantitative estimate of drug-likeness (QED) is 0.908. The van der Waals surface area contributed by atoms with E-state index in [0.717, 1.165) is 17.8 Å². The van der Waals surface area contributed by atoms with Crippen molar-refractivity contribution in [2.75, 3.05) is 19.6 Å². The number of aryl methyl sites for hydroxylation is 1. The van der Waals surface area contributed by atoms with E-state index in [4.69, 9.17) is 0 Å². The number of pyridine rings is 1. The number of hydrogen-bond acceptors (Lipinski definition) is 3. The standard InChI is InChI=1S/C16H20N4O/c1-11-3-2-4-15-13(9-17-20(11)15)16(21)18-14-10-19-7-5-12(14)6-8-19/h2-4,9,12,14H,5-8,10H2,1H3,(H,18,21)/t14-/m1/s1. The molecule has 0 radical (unpaired) electrons. The molecule has 1 N–H and O–H groups in total. The molecule has 3 saturated heterocycles. The van der Waals surface area contributed by atoms with Gasteiger partial charge in [0.2, 0.25) is 0 Å². The van der Waals surface area contributed by atoms with Crippen LogP contribution in [0.15, 0.2) is 24.4 Å². The average Bonchev–Trinajstić information content (AvgIpc) is 2.94. The van der Waals surface area contributed by atoms with Gasteiger partial charge in [0, 0.05) is 18.3 Å². The molecule has 0 aliphatic carbocycles. The summed E-state index contributed by atoms with van der Waals surface area (Å²) in [6.45, 7) is 5.36. The van der Waals surface area contributed by atoms with E-state index in [2.05, 4.69) is 15.3 Å². The largest absolute Gasteiger partial charge is 0.348 e. The van der Waals surface area contributed by atoms with Gasteiger partial charge in [0.25, 0.3) is 5.91 Å². The number of hydrogen-bond donors (Lipinski definition) is 1. The summed E-state index contributed by atoms with van der Waals surface area (Å²) in [5.74, 6) is 0.650. The zero-order valence-electron chi connectivity index (χ0n) is 12.2. The summed E-state index contributed by atoms with van der Waals surface area (Å²) in [5, 5.41) is 7.56. The topological polar surface area (TPSA) is 49.6 Å². The Labute approximate surface area is 123 Å². The van der Waals surface area contributed by atoms with Crippen molar-refractivity contribution in [3.63, 3.8) is 0 Å². The van der Waals surface area contributed by atoms with Gasteiger partial charge in [-0.15, -0.1) is 0 Å². The van der Waals surface area contributed by atoms with E-state index in [0.29, 0.717) is 17.5 Å². The van der Waals surface area contributed by atoms with E-state index in [9.17, 15) is 4.79 Å². The molecular formula is C16H20N4O. The summed E-state index contributed by atoms with van der Waals surface area (Å²) in [7, 11) is 0. The van der Waals surface area contributed by atoms with Crippen LogP contribution in [0.3, 0.4) is 0 Å². The molecule has 2 bridgehead atoms.